The summed E-state index contributed by atoms with van der Waals surface area (Å²) in [7, 11) is 2.17. The molecule has 0 amide bonds. The maximum atomic E-state index is 8.69. The van der Waals surface area contributed by atoms with Crippen LogP contribution in [0, 0.1) is 0 Å². The van der Waals surface area contributed by atoms with Crippen molar-refractivity contribution >= 4 is 0 Å². The molecule has 0 radical (unpaired) electrons. The van der Waals surface area contributed by atoms with E-state index in [1.165, 1.54) is 0 Å². The Morgan fingerprint density at radius 3 is 2.50 bits per heavy atom. The number of aliphatic hydroxyl groups excluding tert-OH is 1. The first kappa shape index (κ1) is 13.9. The van der Waals surface area contributed by atoms with Crippen LogP contribution in [-0.2, 0) is 0 Å². The summed E-state index contributed by atoms with van der Waals surface area (Å²) in [4.78, 5) is 2.36. The highest BCUT2D eigenvalue weighted by Gasteiger charge is 2.31. The van der Waals surface area contributed by atoms with Gasteiger partial charge in [0, 0.05) is 18.7 Å². The van der Waals surface area contributed by atoms with Gasteiger partial charge >= 0.3 is 0 Å². The average Bonchev–Trinajstić information content (AvgIpc) is 2.32. The maximum Gasteiger partial charge on any atom is 0.0431 e. The van der Waals surface area contributed by atoms with Gasteiger partial charge in [0.15, 0.2) is 0 Å². The molecule has 1 aliphatic heterocycles. The van der Waals surface area contributed by atoms with E-state index in [-0.39, 0.29) is 5.54 Å². The number of rotatable bonds is 7. The Balaban J connectivity index is 2.20. The Kier molecular flexibility index (Phi) is 6.28. The number of hydrogen-bond donors (Lipinski definition) is 3. The van der Waals surface area contributed by atoms with Gasteiger partial charge in [-0.2, -0.15) is 0 Å². The number of nitrogens with zero attached hydrogens (tertiary/aromatic N) is 1. The summed E-state index contributed by atoms with van der Waals surface area (Å²) in [5, 5.41) is 12.3. The highest BCUT2D eigenvalue weighted by Crippen LogP contribution is 2.20. The van der Waals surface area contributed by atoms with Gasteiger partial charge in [-0.05, 0) is 58.8 Å². The van der Waals surface area contributed by atoms with Crippen LogP contribution in [0.2, 0.25) is 0 Å². The van der Waals surface area contributed by atoms with Crippen molar-refractivity contribution in [1.29, 1.82) is 0 Å². The normalized spacial score (nSPS) is 21.2. The number of unbranched alkanes of at least 4 members (excludes halogenated alkanes) is 2. The fraction of sp³-hybridized carbons (Fsp3) is 1.00. The third kappa shape index (κ3) is 4.37. The van der Waals surface area contributed by atoms with E-state index in [9.17, 15) is 0 Å². The summed E-state index contributed by atoms with van der Waals surface area (Å²) in [5.74, 6) is 0. The van der Waals surface area contributed by atoms with E-state index in [1.807, 2.05) is 0 Å². The van der Waals surface area contributed by atoms with Crippen molar-refractivity contribution in [3.05, 3.63) is 0 Å². The average molecular weight is 229 g/mol. The molecule has 0 aromatic rings. The minimum absolute atomic E-state index is 0.172. The lowest BCUT2D eigenvalue weighted by atomic mass is 9.87. The van der Waals surface area contributed by atoms with Crippen LogP contribution in [0.15, 0.2) is 0 Å². The zero-order valence-corrected chi connectivity index (χ0v) is 10.5. The van der Waals surface area contributed by atoms with E-state index in [1.54, 1.807) is 0 Å². The van der Waals surface area contributed by atoms with E-state index in [0.29, 0.717) is 6.61 Å². The van der Waals surface area contributed by atoms with E-state index in [4.69, 9.17) is 10.8 Å². The molecule has 1 saturated heterocycles. The Morgan fingerprint density at radius 2 is 1.94 bits per heavy atom. The largest absolute Gasteiger partial charge is 0.396 e. The van der Waals surface area contributed by atoms with Crippen LogP contribution < -0.4 is 11.1 Å². The highest BCUT2D eigenvalue weighted by molar-refractivity contribution is 4.93. The molecule has 0 atom stereocenters. The first-order chi connectivity index (χ1) is 7.72. The van der Waals surface area contributed by atoms with Crippen molar-refractivity contribution in [2.24, 2.45) is 5.73 Å². The maximum absolute atomic E-state index is 8.69. The van der Waals surface area contributed by atoms with Gasteiger partial charge in [-0.15, -0.1) is 0 Å². The molecule has 16 heavy (non-hydrogen) atoms. The van der Waals surface area contributed by atoms with Crippen molar-refractivity contribution < 1.29 is 5.11 Å². The summed E-state index contributed by atoms with van der Waals surface area (Å²) >= 11 is 0. The molecule has 1 heterocycles. The smallest absolute Gasteiger partial charge is 0.0431 e. The van der Waals surface area contributed by atoms with E-state index in [0.717, 1.165) is 58.3 Å². The second kappa shape index (κ2) is 7.22. The van der Waals surface area contributed by atoms with Crippen molar-refractivity contribution in [3.8, 4) is 0 Å². The fourth-order valence-corrected chi connectivity index (χ4v) is 2.27. The van der Waals surface area contributed by atoms with Crippen LogP contribution in [0.5, 0.6) is 0 Å². The molecule has 0 aromatic carbocycles. The Morgan fingerprint density at radius 1 is 1.25 bits per heavy atom. The number of nitrogens with one attached hydrogen (secondary N) is 1. The van der Waals surface area contributed by atoms with Crippen LogP contribution in [-0.4, -0.2) is 55.4 Å². The molecular formula is C12H27N3O. The molecule has 0 aromatic heterocycles. The van der Waals surface area contributed by atoms with Gasteiger partial charge in [0.05, 0.1) is 0 Å². The number of nitrogens with two attached hydrogens (primary N) is 1. The third-order valence-electron chi connectivity index (χ3n) is 3.67. The molecule has 1 rings (SSSR count). The number of likely N-dealkylation sites (tertiary alicyclic amines) is 1. The molecule has 0 bridgehead atoms. The number of piperidine rings is 1. The topological polar surface area (TPSA) is 61.5 Å². The van der Waals surface area contributed by atoms with E-state index < -0.39 is 0 Å². The van der Waals surface area contributed by atoms with Gasteiger partial charge in [-0.1, -0.05) is 0 Å². The van der Waals surface area contributed by atoms with Crippen molar-refractivity contribution in [1.82, 2.24) is 10.2 Å². The molecule has 0 unspecified atom stereocenters. The molecule has 96 valence electrons. The summed E-state index contributed by atoms with van der Waals surface area (Å²) < 4.78 is 0. The monoisotopic (exact) mass is 229 g/mol. The predicted molar refractivity (Wildman–Crippen MR) is 67.5 cm³/mol. The zero-order chi connectivity index (χ0) is 11.9. The van der Waals surface area contributed by atoms with Gasteiger partial charge in [0.2, 0.25) is 0 Å². The highest BCUT2D eigenvalue weighted by atomic mass is 16.2. The number of hydrogen-bond acceptors (Lipinski definition) is 4. The molecule has 0 spiro atoms. The van der Waals surface area contributed by atoms with Crippen LogP contribution in [0.3, 0.4) is 0 Å². The molecule has 0 saturated carbocycles. The number of aliphatic hydroxyl groups is 1. The van der Waals surface area contributed by atoms with Crippen LogP contribution in [0.4, 0.5) is 0 Å². The molecule has 4 nitrogen and oxygen atoms in total. The molecule has 0 aliphatic carbocycles. The first-order valence-corrected chi connectivity index (χ1v) is 6.47. The van der Waals surface area contributed by atoms with Crippen molar-refractivity contribution in [2.75, 3.05) is 39.8 Å². The van der Waals surface area contributed by atoms with Gasteiger partial charge < -0.3 is 21.1 Å². The minimum atomic E-state index is 0.172. The van der Waals surface area contributed by atoms with Gasteiger partial charge in [0.1, 0.15) is 0 Å². The standard InChI is InChI=1S/C12H27N3O/c1-15-8-5-12(11-13,6-9-15)14-7-3-2-4-10-16/h14,16H,2-11,13H2,1H3. The van der Waals surface area contributed by atoms with Gasteiger partial charge in [0.25, 0.3) is 0 Å². The fourth-order valence-electron chi connectivity index (χ4n) is 2.27. The van der Waals surface area contributed by atoms with Crippen LogP contribution in [0.25, 0.3) is 0 Å². The van der Waals surface area contributed by atoms with Gasteiger partial charge in [-0.3, -0.25) is 0 Å². The lowest BCUT2D eigenvalue weighted by molar-refractivity contribution is 0.161. The SMILES string of the molecule is CN1CCC(CN)(NCCCCCO)CC1. The molecule has 1 fully saturated rings. The Hall–Kier alpha value is -0.160. The minimum Gasteiger partial charge on any atom is -0.396 e. The second-order valence-corrected chi connectivity index (χ2v) is 5.00. The first-order valence-electron chi connectivity index (χ1n) is 6.47. The molecular weight excluding hydrogens is 202 g/mol. The second-order valence-electron chi connectivity index (χ2n) is 5.00. The van der Waals surface area contributed by atoms with Crippen molar-refractivity contribution in [2.45, 2.75) is 37.6 Å². The van der Waals surface area contributed by atoms with Crippen molar-refractivity contribution in [3.63, 3.8) is 0 Å². The Bertz CT molecular complexity index is 179. The van der Waals surface area contributed by atoms with Crippen LogP contribution >= 0.6 is 0 Å². The molecule has 4 N–H and O–H groups in total. The summed E-state index contributed by atoms with van der Waals surface area (Å²) in [6, 6.07) is 0. The zero-order valence-electron chi connectivity index (χ0n) is 10.5. The predicted octanol–water partition coefficient (Wildman–Crippen LogP) is 0.162. The molecule has 1 aliphatic rings. The Labute approximate surface area is 99.2 Å². The van der Waals surface area contributed by atoms with Crippen LogP contribution in [0.1, 0.15) is 32.1 Å². The van der Waals surface area contributed by atoms with Gasteiger partial charge in [-0.25, -0.2) is 0 Å². The molecule has 4 heteroatoms. The third-order valence-corrected chi connectivity index (χ3v) is 3.67. The quantitative estimate of drug-likeness (QED) is 0.544. The summed E-state index contributed by atoms with van der Waals surface area (Å²) in [5.41, 5.74) is 6.08. The van der Waals surface area contributed by atoms with E-state index >= 15 is 0 Å². The lowest BCUT2D eigenvalue weighted by Gasteiger charge is -2.40. The van der Waals surface area contributed by atoms with E-state index in [2.05, 4.69) is 17.3 Å². The summed E-state index contributed by atoms with van der Waals surface area (Å²) in [6.45, 7) is 4.36. The summed E-state index contributed by atoms with van der Waals surface area (Å²) in [6.07, 6.45) is 5.46. The lowest BCUT2D eigenvalue weighted by Crippen LogP contribution is -2.57.